The zero-order chi connectivity index (χ0) is 15.2. The van der Waals surface area contributed by atoms with Crippen LogP contribution in [0, 0.1) is 5.92 Å². The zero-order valence-electron chi connectivity index (χ0n) is 13.2. The SMILES string of the molecule is CC(C)CN1CCN(CCn2cc[nH]c2=O)C[C@@H]1CCO. The first-order valence-corrected chi connectivity index (χ1v) is 7.91. The van der Waals surface area contributed by atoms with Crippen LogP contribution in [0.25, 0.3) is 0 Å². The third kappa shape index (κ3) is 4.69. The Kier molecular flexibility index (Phi) is 6.02. The second-order valence-electron chi connectivity index (χ2n) is 6.31. The van der Waals surface area contributed by atoms with Crippen molar-refractivity contribution >= 4 is 0 Å². The van der Waals surface area contributed by atoms with Crippen molar-refractivity contribution in [2.45, 2.75) is 32.9 Å². The highest BCUT2D eigenvalue weighted by atomic mass is 16.3. The molecule has 6 heteroatoms. The molecular weight excluding hydrogens is 268 g/mol. The Balaban J connectivity index is 1.86. The zero-order valence-corrected chi connectivity index (χ0v) is 13.2. The number of imidazole rings is 1. The summed E-state index contributed by atoms with van der Waals surface area (Å²) < 4.78 is 1.71. The Labute approximate surface area is 126 Å². The number of nitrogens with zero attached hydrogens (tertiary/aromatic N) is 3. The summed E-state index contributed by atoms with van der Waals surface area (Å²) in [6.07, 6.45) is 4.30. The lowest BCUT2D eigenvalue weighted by Crippen LogP contribution is -2.54. The van der Waals surface area contributed by atoms with Gasteiger partial charge in [0.15, 0.2) is 0 Å². The van der Waals surface area contributed by atoms with E-state index in [-0.39, 0.29) is 12.3 Å². The molecule has 0 aromatic carbocycles. The van der Waals surface area contributed by atoms with E-state index in [4.69, 9.17) is 0 Å². The van der Waals surface area contributed by atoms with Crippen molar-refractivity contribution in [3.05, 3.63) is 22.9 Å². The molecule has 1 fully saturated rings. The second-order valence-corrected chi connectivity index (χ2v) is 6.31. The van der Waals surface area contributed by atoms with E-state index < -0.39 is 0 Å². The molecule has 21 heavy (non-hydrogen) atoms. The lowest BCUT2D eigenvalue weighted by Gasteiger charge is -2.42. The summed E-state index contributed by atoms with van der Waals surface area (Å²) >= 11 is 0. The van der Waals surface area contributed by atoms with Crippen LogP contribution >= 0.6 is 0 Å². The van der Waals surface area contributed by atoms with E-state index in [2.05, 4.69) is 28.6 Å². The predicted octanol–water partition coefficient (Wildman–Crippen LogP) is 0.201. The van der Waals surface area contributed by atoms with Crippen LogP contribution in [0.15, 0.2) is 17.2 Å². The van der Waals surface area contributed by atoms with Gasteiger partial charge in [-0.1, -0.05) is 13.8 Å². The summed E-state index contributed by atoms with van der Waals surface area (Å²) in [6, 6.07) is 0.425. The van der Waals surface area contributed by atoms with Gasteiger partial charge in [0.1, 0.15) is 0 Å². The minimum absolute atomic E-state index is 0.0413. The molecule has 0 unspecified atom stereocenters. The third-order valence-electron chi connectivity index (χ3n) is 4.13. The lowest BCUT2D eigenvalue weighted by molar-refractivity contribution is 0.0497. The molecule has 2 heterocycles. The molecule has 120 valence electrons. The maximum Gasteiger partial charge on any atom is 0.325 e. The van der Waals surface area contributed by atoms with E-state index in [0.29, 0.717) is 12.0 Å². The van der Waals surface area contributed by atoms with Crippen molar-refractivity contribution in [1.29, 1.82) is 0 Å². The van der Waals surface area contributed by atoms with E-state index in [1.54, 1.807) is 17.0 Å². The maximum atomic E-state index is 11.5. The fraction of sp³-hybridized carbons (Fsp3) is 0.800. The fourth-order valence-electron chi connectivity index (χ4n) is 3.07. The lowest BCUT2D eigenvalue weighted by atomic mass is 10.1. The molecule has 1 aromatic rings. The first-order valence-electron chi connectivity index (χ1n) is 7.91. The molecule has 0 aliphatic carbocycles. The van der Waals surface area contributed by atoms with E-state index in [1.165, 1.54) is 0 Å². The van der Waals surface area contributed by atoms with Crippen LogP contribution in [0.5, 0.6) is 0 Å². The molecule has 2 N–H and O–H groups in total. The Morgan fingerprint density at radius 3 is 2.81 bits per heavy atom. The van der Waals surface area contributed by atoms with Crippen LogP contribution in [0.4, 0.5) is 0 Å². The van der Waals surface area contributed by atoms with Gasteiger partial charge in [0, 0.05) is 64.3 Å². The first-order chi connectivity index (χ1) is 10.1. The normalized spacial score (nSPS) is 21.2. The fourth-order valence-corrected chi connectivity index (χ4v) is 3.07. The summed E-state index contributed by atoms with van der Waals surface area (Å²) in [4.78, 5) is 19.0. The number of rotatable bonds is 7. The summed E-state index contributed by atoms with van der Waals surface area (Å²) in [5.41, 5.74) is -0.0413. The summed E-state index contributed by atoms with van der Waals surface area (Å²) in [5.74, 6) is 0.649. The number of piperazine rings is 1. The van der Waals surface area contributed by atoms with E-state index >= 15 is 0 Å². The van der Waals surface area contributed by atoms with E-state index in [9.17, 15) is 9.90 Å². The van der Waals surface area contributed by atoms with Gasteiger partial charge in [-0.15, -0.1) is 0 Å². The highest BCUT2D eigenvalue weighted by molar-refractivity contribution is 4.83. The topological polar surface area (TPSA) is 64.5 Å². The summed E-state index contributed by atoms with van der Waals surface area (Å²) in [6.45, 7) is 10.5. The molecule has 2 rings (SSSR count). The van der Waals surface area contributed by atoms with Gasteiger partial charge >= 0.3 is 5.69 Å². The quantitative estimate of drug-likeness (QED) is 0.754. The van der Waals surface area contributed by atoms with Gasteiger partial charge in [-0.2, -0.15) is 0 Å². The van der Waals surface area contributed by atoms with Gasteiger partial charge in [0.05, 0.1) is 0 Å². The average molecular weight is 296 g/mol. The number of aliphatic hydroxyl groups is 1. The van der Waals surface area contributed by atoms with Gasteiger partial charge in [-0.3, -0.25) is 14.4 Å². The van der Waals surface area contributed by atoms with Gasteiger partial charge in [0.25, 0.3) is 0 Å². The second kappa shape index (κ2) is 7.77. The van der Waals surface area contributed by atoms with Crippen molar-refractivity contribution in [2.75, 3.05) is 39.3 Å². The monoisotopic (exact) mass is 296 g/mol. The highest BCUT2D eigenvalue weighted by Crippen LogP contribution is 2.14. The minimum atomic E-state index is -0.0413. The van der Waals surface area contributed by atoms with Crippen molar-refractivity contribution in [2.24, 2.45) is 5.92 Å². The standard InChI is InChI=1S/C15H28N4O2/c1-13(2)11-19-9-7-17(12-14(19)3-10-20)6-8-18-5-4-16-15(18)21/h4-5,13-14,20H,3,6-12H2,1-2H3,(H,16,21)/t14-/m0/s1. The van der Waals surface area contributed by atoms with Gasteiger partial charge in [-0.25, -0.2) is 4.79 Å². The van der Waals surface area contributed by atoms with Crippen molar-refractivity contribution in [3.8, 4) is 0 Å². The number of H-pyrrole nitrogens is 1. The Hall–Kier alpha value is -1.11. The number of aromatic amines is 1. The number of nitrogens with one attached hydrogen (secondary N) is 1. The molecule has 6 nitrogen and oxygen atoms in total. The molecule has 1 saturated heterocycles. The number of aromatic nitrogens is 2. The first kappa shape index (κ1) is 16.3. The largest absolute Gasteiger partial charge is 0.396 e. The number of aliphatic hydroxyl groups excluding tert-OH is 1. The van der Waals surface area contributed by atoms with Gasteiger partial charge in [0.2, 0.25) is 0 Å². The van der Waals surface area contributed by atoms with Gasteiger partial charge < -0.3 is 10.1 Å². The van der Waals surface area contributed by atoms with Crippen molar-refractivity contribution < 1.29 is 5.11 Å². The molecule has 1 aliphatic rings. The summed E-state index contributed by atoms with van der Waals surface area (Å²) in [7, 11) is 0. The van der Waals surface area contributed by atoms with Crippen LogP contribution < -0.4 is 5.69 Å². The van der Waals surface area contributed by atoms with E-state index in [1.807, 2.05) is 0 Å². The molecule has 1 aliphatic heterocycles. The highest BCUT2D eigenvalue weighted by Gasteiger charge is 2.26. The van der Waals surface area contributed by atoms with Crippen LogP contribution in [-0.2, 0) is 6.54 Å². The maximum absolute atomic E-state index is 11.5. The van der Waals surface area contributed by atoms with Gasteiger partial charge in [-0.05, 0) is 12.3 Å². The third-order valence-corrected chi connectivity index (χ3v) is 4.13. The van der Waals surface area contributed by atoms with E-state index in [0.717, 1.165) is 45.7 Å². The van der Waals surface area contributed by atoms with Crippen molar-refractivity contribution in [3.63, 3.8) is 0 Å². The molecule has 0 amide bonds. The molecule has 1 aromatic heterocycles. The Morgan fingerprint density at radius 2 is 2.19 bits per heavy atom. The smallest absolute Gasteiger partial charge is 0.325 e. The molecule has 1 atom stereocenters. The molecular formula is C15H28N4O2. The Bertz CT molecular complexity index is 468. The summed E-state index contributed by atoms with van der Waals surface area (Å²) in [5, 5.41) is 9.28. The van der Waals surface area contributed by atoms with Crippen molar-refractivity contribution in [1.82, 2.24) is 19.4 Å². The van der Waals surface area contributed by atoms with Crippen LogP contribution in [0.1, 0.15) is 20.3 Å². The molecule has 0 saturated carbocycles. The van der Waals surface area contributed by atoms with Crippen LogP contribution in [0.3, 0.4) is 0 Å². The molecule has 0 bridgehead atoms. The molecule has 0 radical (unpaired) electrons. The van der Waals surface area contributed by atoms with Crippen LogP contribution in [0.2, 0.25) is 0 Å². The average Bonchev–Trinajstić information content (AvgIpc) is 2.84. The minimum Gasteiger partial charge on any atom is -0.396 e. The number of hydrogen-bond acceptors (Lipinski definition) is 4. The number of hydrogen-bond donors (Lipinski definition) is 2. The van der Waals surface area contributed by atoms with Crippen LogP contribution in [-0.4, -0.2) is 69.8 Å². The Morgan fingerprint density at radius 1 is 1.38 bits per heavy atom. The predicted molar refractivity (Wildman–Crippen MR) is 83.4 cm³/mol. The molecule has 0 spiro atoms.